The van der Waals surface area contributed by atoms with Crippen LogP contribution in [0, 0.1) is 0 Å². The fourth-order valence-corrected chi connectivity index (χ4v) is 3.53. The van der Waals surface area contributed by atoms with Gasteiger partial charge in [-0.1, -0.05) is 37.1 Å². The van der Waals surface area contributed by atoms with Crippen molar-refractivity contribution in [3.8, 4) is 0 Å². The molecule has 2 aliphatic rings. The Bertz CT molecular complexity index is 366. The molecule has 1 nitrogen and oxygen atoms in total. The van der Waals surface area contributed by atoms with Crippen LogP contribution in [-0.4, -0.2) is 24.0 Å². The summed E-state index contributed by atoms with van der Waals surface area (Å²) < 4.78 is 0. The Morgan fingerprint density at radius 3 is 2.29 bits per heavy atom. The largest absolute Gasteiger partial charge is 0.300 e. The third-order valence-corrected chi connectivity index (χ3v) is 4.52. The zero-order valence-corrected chi connectivity index (χ0v) is 10.7. The van der Waals surface area contributed by atoms with E-state index in [9.17, 15) is 0 Å². The summed E-state index contributed by atoms with van der Waals surface area (Å²) in [6.07, 6.45) is 9.68. The molecule has 0 unspecified atom stereocenters. The molecule has 0 saturated heterocycles. The molecule has 17 heavy (non-hydrogen) atoms. The van der Waals surface area contributed by atoms with E-state index in [0.29, 0.717) is 0 Å². The maximum absolute atomic E-state index is 2.77. The standard InChI is InChI=1S/C16H23N/c1-2-7-15-11-13-17(16-9-3-4-10-16)12-5-8-14(15)6-1/h1-2,6-7,16H,3-5,8-13H2. The molecule has 1 saturated carbocycles. The van der Waals surface area contributed by atoms with Crippen LogP contribution in [0.4, 0.5) is 0 Å². The molecule has 3 rings (SSSR count). The number of hydrogen-bond acceptors (Lipinski definition) is 1. The highest BCUT2D eigenvalue weighted by Gasteiger charge is 2.23. The highest BCUT2D eigenvalue weighted by Crippen LogP contribution is 2.25. The average Bonchev–Trinajstić information content (AvgIpc) is 2.84. The lowest BCUT2D eigenvalue weighted by molar-refractivity contribution is 0.195. The molecule has 1 aromatic rings. The fraction of sp³-hybridized carbons (Fsp3) is 0.625. The van der Waals surface area contributed by atoms with Crippen molar-refractivity contribution in [3.63, 3.8) is 0 Å². The number of aryl methyl sites for hydroxylation is 1. The zero-order valence-electron chi connectivity index (χ0n) is 10.7. The van der Waals surface area contributed by atoms with Gasteiger partial charge in [-0.3, -0.25) is 0 Å². The minimum Gasteiger partial charge on any atom is -0.300 e. The van der Waals surface area contributed by atoms with Crippen molar-refractivity contribution in [2.75, 3.05) is 13.1 Å². The number of hydrogen-bond donors (Lipinski definition) is 0. The van der Waals surface area contributed by atoms with Crippen LogP contribution in [0.25, 0.3) is 0 Å². The van der Waals surface area contributed by atoms with E-state index < -0.39 is 0 Å². The molecule has 0 spiro atoms. The Kier molecular flexibility index (Phi) is 3.46. The molecule has 1 fully saturated rings. The Morgan fingerprint density at radius 1 is 0.824 bits per heavy atom. The normalized spacial score (nSPS) is 23.1. The molecule has 1 aromatic carbocycles. The SMILES string of the molecule is c1ccc2c(c1)CCCN(C1CCCC1)CC2. The molecular formula is C16H23N. The van der Waals surface area contributed by atoms with Crippen molar-refractivity contribution in [1.82, 2.24) is 4.90 Å². The van der Waals surface area contributed by atoms with Crippen molar-refractivity contribution >= 4 is 0 Å². The van der Waals surface area contributed by atoms with Crippen LogP contribution in [0.15, 0.2) is 24.3 Å². The Balaban J connectivity index is 1.70. The summed E-state index contributed by atoms with van der Waals surface area (Å²) in [6, 6.07) is 9.93. The molecule has 92 valence electrons. The first kappa shape index (κ1) is 11.3. The molecule has 0 N–H and O–H groups in total. The van der Waals surface area contributed by atoms with Gasteiger partial charge in [-0.25, -0.2) is 0 Å². The van der Waals surface area contributed by atoms with E-state index in [1.807, 2.05) is 0 Å². The molecule has 0 bridgehead atoms. The molecule has 0 amide bonds. The van der Waals surface area contributed by atoms with Crippen LogP contribution in [0.5, 0.6) is 0 Å². The number of nitrogens with zero attached hydrogens (tertiary/aromatic N) is 1. The van der Waals surface area contributed by atoms with Gasteiger partial charge >= 0.3 is 0 Å². The first-order valence-electron chi connectivity index (χ1n) is 7.24. The Hall–Kier alpha value is -0.820. The van der Waals surface area contributed by atoms with Gasteiger partial charge in [-0.15, -0.1) is 0 Å². The maximum atomic E-state index is 2.77. The van der Waals surface area contributed by atoms with Gasteiger partial charge in [0.25, 0.3) is 0 Å². The quantitative estimate of drug-likeness (QED) is 0.713. The van der Waals surface area contributed by atoms with Crippen molar-refractivity contribution in [3.05, 3.63) is 35.4 Å². The number of benzene rings is 1. The summed E-state index contributed by atoms with van der Waals surface area (Å²) in [6.45, 7) is 2.60. The molecule has 0 aromatic heterocycles. The molecular weight excluding hydrogens is 206 g/mol. The highest BCUT2D eigenvalue weighted by molar-refractivity contribution is 5.28. The van der Waals surface area contributed by atoms with Gasteiger partial charge in [0, 0.05) is 12.6 Å². The zero-order chi connectivity index (χ0) is 11.5. The summed E-state index contributed by atoms with van der Waals surface area (Å²) in [5.74, 6) is 0. The summed E-state index contributed by atoms with van der Waals surface area (Å²) in [4.78, 5) is 2.77. The second kappa shape index (κ2) is 5.22. The van der Waals surface area contributed by atoms with Crippen LogP contribution >= 0.6 is 0 Å². The van der Waals surface area contributed by atoms with E-state index in [1.165, 1.54) is 58.0 Å². The Morgan fingerprint density at radius 2 is 1.53 bits per heavy atom. The van der Waals surface area contributed by atoms with E-state index in [0.717, 1.165) is 6.04 Å². The van der Waals surface area contributed by atoms with Gasteiger partial charge in [-0.05, 0) is 49.8 Å². The Labute approximate surface area is 105 Å². The molecule has 1 aliphatic carbocycles. The third kappa shape index (κ3) is 2.55. The van der Waals surface area contributed by atoms with Crippen molar-refractivity contribution in [1.29, 1.82) is 0 Å². The predicted molar refractivity (Wildman–Crippen MR) is 72.3 cm³/mol. The van der Waals surface area contributed by atoms with Gasteiger partial charge in [0.05, 0.1) is 0 Å². The van der Waals surface area contributed by atoms with Gasteiger partial charge < -0.3 is 4.90 Å². The van der Waals surface area contributed by atoms with E-state index in [-0.39, 0.29) is 0 Å². The summed E-state index contributed by atoms with van der Waals surface area (Å²) in [5, 5.41) is 0. The van der Waals surface area contributed by atoms with Crippen molar-refractivity contribution in [2.45, 2.75) is 51.0 Å². The summed E-state index contributed by atoms with van der Waals surface area (Å²) in [7, 11) is 0. The second-order valence-corrected chi connectivity index (χ2v) is 5.60. The first-order chi connectivity index (χ1) is 8.43. The molecule has 0 atom stereocenters. The van der Waals surface area contributed by atoms with E-state index >= 15 is 0 Å². The van der Waals surface area contributed by atoms with Crippen LogP contribution in [-0.2, 0) is 12.8 Å². The minimum absolute atomic E-state index is 0.903. The van der Waals surface area contributed by atoms with Crippen molar-refractivity contribution in [2.24, 2.45) is 0 Å². The lowest BCUT2D eigenvalue weighted by Crippen LogP contribution is -2.37. The minimum atomic E-state index is 0.903. The highest BCUT2D eigenvalue weighted by atomic mass is 15.2. The van der Waals surface area contributed by atoms with Gasteiger partial charge in [0.15, 0.2) is 0 Å². The van der Waals surface area contributed by atoms with Crippen LogP contribution in [0.2, 0.25) is 0 Å². The van der Waals surface area contributed by atoms with Gasteiger partial charge in [-0.2, -0.15) is 0 Å². The van der Waals surface area contributed by atoms with E-state index in [2.05, 4.69) is 29.2 Å². The van der Waals surface area contributed by atoms with E-state index in [4.69, 9.17) is 0 Å². The molecule has 1 heterocycles. The molecule has 1 heteroatoms. The van der Waals surface area contributed by atoms with Crippen LogP contribution in [0.1, 0.15) is 43.2 Å². The molecule has 1 aliphatic heterocycles. The smallest absolute Gasteiger partial charge is 0.00953 e. The van der Waals surface area contributed by atoms with Crippen molar-refractivity contribution < 1.29 is 0 Å². The number of fused-ring (bicyclic) bond motifs is 1. The topological polar surface area (TPSA) is 3.24 Å². The van der Waals surface area contributed by atoms with Gasteiger partial charge in [0.2, 0.25) is 0 Å². The van der Waals surface area contributed by atoms with E-state index in [1.54, 1.807) is 11.1 Å². The summed E-state index contributed by atoms with van der Waals surface area (Å²) in [5.41, 5.74) is 3.19. The average molecular weight is 229 g/mol. The third-order valence-electron chi connectivity index (χ3n) is 4.52. The second-order valence-electron chi connectivity index (χ2n) is 5.60. The fourth-order valence-electron chi connectivity index (χ4n) is 3.53. The lowest BCUT2D eigenvalue weighted by Gasteiger charge is -2.31. The number of rotatable bonds is 1. The summed E-state index contributed by atoms with van der Waals surface area (Å²) >= 11 is 0. The first-order valence-corrected chi connectivity index (χ1v) is 7.24. The predicted octanol–water partition coefficient (Wildman–Crippen LogP) is 3.42. The monoisotopic (exact) mass is 229 g/mol. The molecule has 0 radical (unpaired) electrons. The van der Waals surface area contributed by atoms with Gasteiger partial charge in [0.1, 0.15) is 0 Å². The lowest BCUT2D eigenvalue weighted by atomic mass is 9.97. The van der Waals surface area contributed by atoms with Crippen LogP contribution < -0.4 is 0 Å². The maximum Gasteiger partial charge on any atom is 0.00953 e. The van der Waals surface area contributed by atoms with Crippen LogP contribution in [0.3, 0.4) is 0 Å².